The molecule has 0 unspecified atom stereocenters. The van der Waals surface area contributed by atoms with Crippen LogP contribution in [0.25, 0.3) is 0 Å². The maximum absolute atomic E-state index is 12.4. The molecule has 0 amide bonds. The minimum atomic E-state index is -3.41. The Kier molecular flexibility index (Phi) is 31.0. The number of para-hydroxylation sites is 4. The maximum Gasteiger partial charge on any atom is 1.00 e. The number of halogens is 7. The van der Waals surface area contributed by atoms with Crippen molar-refractivity contribution in [3.05, 3.63) is 164 Å². The van der Waals surface area contributed by atoms with E-state index >= 15 is 0 Å². The fourth-order valence-corrected chi connectivity index (χ4v) is 11.3. The number of nitrogens with zero attached hydrogens (tertiary/aromatic N) is 2. The van der Waals surface area contributed by atoms with Crippen molar-refractivity contribution in [3.63, 3.8) is 0 Å². The first-order valence-electron chi connectivity index (χ1n) is 21.9. The van der Waals surface area contributed by atoms with Crippen molar-refractivity contribution in [1.82, 2.24) is 9.80 Å². The van der Waals surface area contributed by atoms with E-state index in [0.29, 0.717) is 59.5 Å². The zero-order valence-electron chi connectivity index (χ0n) is 40.4. The second-order valence-electron chi connectivity index (χ2n) is 15.2. The van der Waals surface area contributed by atoms with Crippen molar-refractivity contribution in [2.24, 2.45) is 0 Å². The number of morpholine rings is 2. The summed E-state index contributed by atoms with van der Waals surface area (Å²) in [4.78, 5) is 32.2. The largest absolute Gasteiger partial charge is 1.00 e. The summed E-state index contributed by atoms with van der Waals surface area (Å²) in [6.45, 7) is 4.90. The Bertz CT molecular complexity index is 2550. The van der Waals surface area contributed by atoms with Gasteiger partial charge in [-0.25, -0.2) is 4.79 Å². The van der Waals surface area contributed by atoms with E-state index in [1.807, 2.05) is 48.5 Å². The Balaban J connectivity index is 0.000000334. The van der Waals surface area contributed by atoms with Gasteiger partial charge in [-0.2, -0.15) is 8.78 Å². The Morgan fingerprint density at radius 2 is 0.840 bits per heavy atom. The van der Waals surface area contributed by atoms with E-state index in [0.717, 1.165) is 23.0 Å². The molecule has 24 heteroatoms. The van der Waals surface area contributed by atoms with Crippen LogP contribution in [0.4, 0.5) is 17.6 Å². The van der Waals surface area contributed by atoms with Crippen LogP contribution in [0.15, 0.2) is 187 Å². The summed E-state index contributed by atoms with van der Waals surface area (Å²) in [5, 5.41) is 0. The fraction of sp³-hybridized carbons (Fsp3) is 0.235. The van der Waals surface area contributed by atoms with Crippen molar-refractivity contribution in [3.8, 4) is 23.0 Å². The molecule has 2 fully saturated rings. The number of hydrogen-bond donors (Lipinski definition) is 0. The summed E-state index contributed by atoms with van der Waals surface area (Å²) < 4.78 is 104. The summed E-state index contributed by atoms with van der Waals surface area (Å²) in [7, 11) is -3.28. The Hall–Kier alpha value is -4.08. The number of carbonyl (C=O) groups excluding carboxylic acids is 2. The molecule has 0 spiro atoms. The molecule has 0 saturated carbocycles. The van der Waals surface area contributed by atoms with Crippen molar-refractivity contribution < 1.29 is 110 Å². The first-order chi connectivity index (χ1) is 34.3. The molecular weight excluding hydrogens is 1210 g/mol. The average molecular weight is 1260 g/mol. The fourth-order valence-electron chi connectivity index (χ4n) is 6.85. The summed E-state index contributed by atoms with van der Waals surface area (Å²) in [6.07, 6.45) is -2.31. The van der Waals surface area contributed by atoms with E-state index < -0.39 is 34.9 Å². The van der Waals surface area contributed by atoms with E-state index in [2.05, 4.69) is 119 Å². The number of benzene rings is 6. The number of hydrogen-bond acceptors (Lipinski definition) is 13. The van der Waals surface area contributed by atoms with Crippen LogP contribution in [-0.2, 0) is 60.9 Å². The predicted octanol–water partition coefficient (Wildman–Crippen LogP) is 4.54. The van der Waals surface area contributed by atoms with Gasteiger partial charge >= 0.3 is 52.1 Å². The number of esters is 2. The summed E-state index contributed by atoms with van der Waals surface area (Å²) >= 11 is 0. The van der Waals surface area contributed by atoms with Gasteiger partial charge in [-0.1, -0.05) is 84.9 Å². The van der Waals surface area contributed by atoms with Gasteiger partial charge in [-0.05, 0) is 72.8 Å². The summed E-state index contributed by atoms with van der Waals surface area (Å²) in [6, 6.07) is 54.6. The van der Waals surface area contributed by atoms with Gasteiger partial charge in [-0.3, -0.25) is 14.6 Å². The molecule has 0 atom stereocenters. The Morgan fingerprint density at radius 3 is 1.13 bits per heavy atom. The SMILES string of the molecule is CC(F)(F)C(=O)OCN1CCOCC1.Cl.I.O=C(OCN1CCOCC1)[C-](F)F.O=S(=O)=O.[Cl-].[Na+].c1ccc([S+]2c3ccccc3Oc3ccccc32)cc1.c1ccc([S+]2c3ccccc3Oc3ccccc32)cc1. The zero-order chi connectivity index (χ0) is 50.6. The Morgan fingerprint density at radius 1 is 0.560 bits per heavy atom. The number of ether oxygens (including phenoxy) is 6. The number of fused-ring (bicyclic) bond motifs is 4. The molecule has 0 bridgehead atoms. The van der Waals surface area contributed by atoms with Gasteiger partial charge in [-0.15, -0.1) is 49.0 Å². The molecule has 10 rings (SSSR count). The molecule has 4 aliphatic heterocycles. The molecule has 0 N–H and O–H groups in total. The van der Waals surface area contributed by atoms with Crippen molar-refractivity contribution in [1.29, 1.82) is 0 Å². The van der Waals surface area contributed by atoms with Crippen molar-refractivity contribution in [2.45, 2.75) is 42.2 Å². The van der Waals surface area contributed by atoms with Gasteiger partial charge in [0.25, 0.3) is 0 Å². The van der Waals surface area contributed by atoms with Gasteiger partial charge in [0.2, 0.25) is 25.6 Å². The van der Waals surface area contributed by atoms with E-state index in [1.165, 1.54) is 29.4 Å². The van der Waals surface area contributed by atoms with Gasteiger partial charge in [0.05, 0.1) is 26.4 Å². The van der Waals surface area contributed by atoms with Gasteiger partial charge < -0.3 is 49.6 Å². The van der Waals surface area contributed by atoms with E-state index in [9.17, 15) is 27.2 Å². The monoisotopic (exact) mass is 1260 g/mol. The third kappa shape index (κ3) is 21.0. The van der Waals surface area contributed by atoms with E-state index in [4.69, 9.17) is 31.6 Å². The molecule has 0 aliphatic carbocycles. The minimum absolute atomic E-state index is 0. The van der Waals surface area contributed by atoms with E-state index in [-0.39, 0.29) is 114 Å². The molecule has 75 heavy (non-hydrogen) atoms. The molecular formula is C51H51Cl2F4IN2NaO11S3+. The van der Waals surface area contributed by atoms with Crippen LogP contribution < -0.4 is 51.4 Å². The molecule has 6 aromatic rings. The molecule has 4 aliphatic rings. The molecule has 0 aromatic heterocycles. The normalized spacial score (nSPS) is 14.1. The summed E-state index contributed by atoms with van der Waals surface area (Å²) in [5.74, 6) is -2.56. The first-order valence-corrected chi connectivity index (χ1v) is 25.3. The first kappa shape index (κ1) is 67.0. The van der Waals surface area contributed by atoms with Crippen molar-refractivity contribution in [2.75, 3.05) is 66.1 Å². The third-order valence-electron chi connectivity index (χ3n) is 10.2. The molecule has 2 saturated heterocycles. The quantitative estimate of drug-likeness (QED) is 0.0525. The zero-order valence-corrected chi connectivity index (χ0v) is 48.8. The van der Waals surface area contributed by atoms with Gasteiger partial charge in [0, 0.05) is 39.5 Å². The maximum atomic E-state index is 12.4. The van der Waals surface area contributed by atoms with Gasteiger partial charge in [0.15, 0.2) is 32.8 Å². The molecule has 4 heterocycles. The van der Waals surface area contributed by atoms with Crippen molar-refractivity contribution >= 4 is 80.7 Å². The van der Waals surface area contributed by atoms with Crippen LogP contribution in [0.1, 0.15) is 6.92 Å². The molecule has 0 radical (unpaired) electrons. The van der Waals surface area contributed by atoms with Crippen LogP contribution in [0.2, 0.25) is 0 Å². The van der Waals surface area contributed by atoms with Crippen LogP contribution in [0.5, 0.6) is 23.0 Å². The second-order valence-corrected chi connectivity index (χ2v) is 19.5. The van der Waals surface area contributed by atoms with Crippen LogP contribution in [0.3, 0.4) is 0 Å². The van der Waals surface area contributed by atoms with E-state index in [1.54, 1.807) is 9.80 Å². The standard InChI is InChI=1S/2C18H13OS.C8H13F2NO3.C7H10F2NO3.2ClH.HI.Na.O3S/c2*1-2-8-14(9-3-1)20-17-12-6-4-10-15(17)19-16-11-5-7-13-18(16)20;1-8(9,10)7(12)14-6-11-2-4-13-5-3-11;8-6(9)7(11)13-5-10-1-3-12-4-2-10;;;;;1-4(2)3/h2*1-13H;2-6H2,1H3;1-5H2;3*1H;;/q2*+1;;-1;;;;+1;/p-1. The third-order valence-corrected chi connectivity index (χ3v) is 14.7. The number of rotatable bonds is 8. The molecule has 13 nitrogen and oxygen atoms in total. The predicted molar refractivity (Wildman–Crippen MR) is 278 cm³/mol. The smallest absolute Gasteiger partial charge is 1.00 e. The minimum Gasteiger partial charge on any atom is -1.00 e. The topological polar surface area (TPSA) is 147 Å². The number of carbonyl (C=O) groups is 2. The van der Waals surface area contributed by atoms with Crippen LogP contribution in [-0.4, -0.2) is 106 Å². The number of alkyl halides is 2. The Labute approximate surface area is 491 Å². The average Bonchev–Trinajstić information content (AvgIpc) is 3.39. The summed E-state index contributed by atoms with van der Waals surface area (Å²) in [5.41, 5.74) is 0. The molecule has 6 aromatic carbocycles. The molecule has 398 valence electrons. The van der Waals surface area contributed by atoms with Gasteiger partial charge in [0.1, 0.15) is 35.3 Å². The van der Waals surface area contributed by atoms with Crippen LogP contribution in [0, 0.1) is 6.43 Å². The van der Waals surface area contributed by atoms with Crippen LogP contribution >= 0.6 is 36.4 Å². The second kappa shape index (κ2) is 34.6.